The van der Waals surface area contributed by atoms with Crippen LogP contribution >= 0.6 is 22.9 Å². The first-order valence-corrected chi connectivity index (χ1v) is 11.2. The molecule has 3 aromatic rings. The Morgan fingerprint density at radius 2 is 2.10 bits per heavy atom. The molecule has 1 atom stereocenters. The zero-order valence-corrected chi connectivity index (χ0v) is 18.7. The van der Waals surface area contributed by atoms with Gasteiger partial charge in [-0.3, -0.25) is 9.59 Å². The minimum atomic E-state index is -0.00117. The molecular formula is C23H24ClN3O2S. The van der Waals surface area contributed by atoms with Crippen LogP contribution in [0.2, 0.25) is 5.02 Å². The molecule has 156 valence electrons. The number of benzene rings is 1. The van der Waals surface area contributed by atoms with Gasteiger partial charge in [-0.15, -0.1) is 11.3 Å². The van der Waals surface area contributed by atoms with Gasteiger partial charge in [0.1, 0.15) is 4.83 Å². The van der Waals surface area contributed by atoms with E-state index in [9.17, 15) is 9.59 Å². The summed E-state index contributed by atoms with van der Waals surface area (Å²) in [6.07, 6.45) is 3.75. The number of fused-ring (bicyclic) bond motifs is 1. The van der Waals surface area contributed by atoms with E-state index in [1.807, 2.05) is 41.3 Å². The van der Waals surface area contributed by atoms with E-state index in [2.05, 4.69) is 4.98 Å². The number of pyridine rings is 1. The zero-order chi connectivity index (χ0) is 21.3. The van der Waals surface area contributed by atoms with Gasteiger partial charge in [0.15, 0.2) is 0 Å². The van der Waals surface area contributed by atoms with Crippen LogP contribution in [-0.2, 0) is 11.2 Å². The predicted molar refractivity (Wildman–Crippen MR) is 121 cm³/mol. The lowest BCUT2D eigenvalue weighted by Crippen LogP contribution is -2.29. The van der Waals surface area contributed by atoms with Crippen molar-refractivity contribution in [2.24, 2.45) is 0 Å². The van der Waals surface area contributed by atoms with Crippen molar-refractivity contribution in [1.82, 2.24) is 14.8 Å². The van der Waals surface area contributed by atoms with Crippen LogP contribution in [0.3, 0.4) is 0 Å². The number of likely N-dealkylation sites (tertiary alicyclic amines) is 1. The van der Waals surface area contributed by atoms with Crippen molar-refractivity contribution in [3.05, 3.63) is 63.6 Å². The van der Waals surface area contributed by atoms with Crippen molar-refractivity contribution >= 4 is 45.0 Å². The number of thiophene rings is 1. The Hall–Kier alpha value is -2.44. The van der Waals surface area contributed by atoms with Crippen LogP contribution in [0.25, 0.3) is 10.2 Å². The lowest BCUT2D eigenvalue weighted by molar-refractivity contribution is -0.130. The molecule has 30 heavy (non-hydrogen) atoms. The van der Waals surface area contributed by atoms with E-state index in [-0.39, 0.29) is 17.7 Å². The summed E-state index contributed by atoms with van der Waals surface area (Å²) in [5, 5.41) is 1.73. The molecule has 4 rings (SSSR count). The number of aryl methyl sites for hydroxylation is 1. The van der Waals surface area contributed by atoms with E-state index in [4.69, 9.17) is 11.6 Å². The minimum absolute atomic E-state index is 0.00117. The van der Waals surface area contributed by atoms with Crippen molar-refractivity contribution in [2.75, 3.05) is 27.2 Å². The van der Waals surface area contributed by atoms with Crippen molar-refractivity contribution in [3.8, 4) is 0 Å². The fourth-order valence-electron chi connectivity index (χ4n) is 4.04. The molecule has 0 N–H and O–H groups in total. The molecule has 0 spiro atoms. The fourth-order valence-corrected chi connectivity index (χ4v) is 5.51. The second-order valence-corrected chi connectivity index (χ2v) is 9.29. The van der Waals surface area contributed by atoms with E-state index in [0.29, 0.717) is 31.0 Å². The largest absolute Gasteiger partial charge is 0.344 e. The Labute approximate surface area is 185 Å². The standard InChI is InChI=1S/C23H24ClN3O2S/c1-26(2)23(29)21-20(18-7-4-11-25-22(18)30-21)16-10-12-27(14-16)19(28)9-8-15-5-3-6-17(24)13-15/h3-7,11,13,16H,8-10,12,14H2,1-2H3. The van der Waals surface area contributed by atoms with E-state index in [1.165, 1.54) is 11.3 Å². The molecule has 0 saturated carbocycles. The molecule has 1 aromatic carbocycles. The van der Waals surface area contributed by atoms with Crippen LogP contribution in [0, 0.1) is 0 Å². The van der Waals surface area contributed by atoms with Gasteiger partial charge in [0, 0.05) is 56.1 Å². The Balaban J connectivity index is 1.51. The smallest absolute Gasteiger partial charge is 0.263 e. The summed E-state index contributed by atoms with van der Waals surface area (Å²) >= 11 is 7.49. The summed E-state index contributed by atoms with van der Waals surface area (Å²) in [4.78, 5) is 35.2. The van der Waals surface area contributed by atoms with Crippen molar-refractivity contribution in [3.63, 3.8) is 0 Å². The topological polar surface area (TPSA) is 53.5 Å². The molecule has 1 fully saturated rings. The number of carbonyl (C=O) groups is 2. The first-order valence-electron chi connectivity index (χ1n) is 10.1. The number of nitrogens with zero attached hydrogens (tertiary/aromatic N) is 3. The lowest BCUT2D eigenvalue weighted by atomic mass is 9.95. The van der Waals surface area contributed by atoms with Gasteiger partial charge >= 0.3 is 0 Å². The van der Waals surface area contributed by atoms with E-state index in [0.717, 1.165) is 32.6 Å². The number of aromatic nitrogens is 1. The number of hydrogen-bond acceptors (Lipinski definition) is 4. The molecule has 7 heteroatoms. The molecule has 0 bridgehead atoms. The summed E-state index contributed by atoms with van der Waals surface area (Å²) in [6.45, 7) is 1.36. The van der Waals surface area contributed by atoms with Crippen LogP contribution in [0.1, 0.15) is 39.6 Å². The molecule has 0 radical (unpaired) electrons. The van der Waals surface area contributed by atoms with Gasteiger partial charge in [0.05, 0.1) is 4.88 Å². The Bertz CT molecular complexity index is 1090. The SMILES string of the molecule is CN(C)C(=O)c1sc2ncccc2c1C1CCN(C(=O)CCc2cccc(Cl)c2)C1. The third-order valence-corrected chi connectivity index (χ3v) is 6.92. The molecule has 1 unspecified atom stereocenters. The molecule has 1 aliphatic rings. The van der Waals surface area contributed by atoms with Gasteiger partial charge in [-0.1, -0.05) is 29.8 Å². The first kappa shape index (κ1) is 20.8. The molecule has 1 saturated heterocycles. The summed E-state index contributed by atoms with van der Waals surface area (Å²) in [6, 6.07) is 11.6. The van der Waals surface area contributed by atoms with Gasteiger partial charge in [0.25, 0.3) is 5.91 Å². The predicted octanol–water partition coefficient (Wildman–Crippen LogP) is 4.60. The highest BCUT2D eigenvalue weighted by molar-refractivity contribution is 7.20. The first-order chi connectivity index (χ1) is 14.4. The average molecular weight is 442 g/mol. The molecular weight excluding hydrogens is 418 g/mol. The number of halogens is 1. The van der Waals surface area contributed by atoms with Crippen LogP contribution in [0.5, 0.6) is 0 Å². The lowest BCUT2D eigenvalue weighted by Gasteiger charge is -2.18. The van der Waals surface area contributed by atoms with Gasteiger partial charge in [-0.2, -0.15) is 0 Å². The second-order valence-electron chi connectivity index (χ2n) is 7.86. The number of rotatable bonds is 5. The minimum Gasteiger partial charge on any atom is -0.344 e. The molecule has 3 heterocycles. The molecule has 1 aliphatic heterocycles. The number of carbonyl (C=O) groups excluding carboxylic acids is 2. The van der Waals surface area contributed by atoms with Gasteiger partial charge in [-0.05, 0) is 42.2 Å². The van der Waals surface area contributed by atoms with Crippen LogP contribution < -0.4 is 0 Å². The summed E-state index contributed by atoms with van der Waals surface area (Å²) in [5.74, 6) is 0.298. The van der Waals surface area contributed by atoms with Crippen LogP contribution in [-0.4, -0.2) is 53.8 Å². The van der Waals surface area contributed by atoms with E-state index in [1.54, 1.807) is 25.2 Å². The van der Waals surface area contributed by atoms with E-state index < -0.39 is 0 Å². The summed E-state index contributed by atoms with van der Waals surface area (Å²) < 4.78 is 0. The maximum atomic E-state index is 12.8. The average Bonchev–Trinajstić information content (AvgIpc) is 3.36. The van der Waals surface area contributed by atoms with Gasteiger partial charge < -0.3 is 9.80 Å². The number of hydrogen-bond donors (Lipinski definition) is 0. The maximum Gasteiger partial charge on any atom is 0.263 e. The normalized spacial score (nSPS) is 16.2. The fraction of sp³-hybridized carbons (Fsp3) is 0.348. The van der Waals surface area contributed by atoms with Crippen molar-refractivity contribution in [2.45, 2.75) is 25.2 Å². The van der Waals surface area contributed by atoms with E-state index >= 15 is 0 Å². The van der Waals surface area contributed by atoms with Crippen LogP contribution in [0.15, 0.2) is 42.6 Å². The maximum absolute atomic E-state index is 12.8. The second kappa shape index (κ2) is 8.74. The summed E-state index contributed by atoms with van der Waals surface area (Å²) in [5.41, 5.74) is 2.12. The molecule has 5 nitrogen and oxygen atoms in total. The van der Waals surface area contributed by atoms with Crippen LogP contribution in [0.4, 0.5) is 0 Å². The Kier molecular flexibility index (Phi) is 6.06. The van der Waals surface area contributed by atoms with Gasteiger partial charge in [-0.25, -0.2) is 4.98 Å². The highest BCUT2D eigenvalue weighted by Gasteiger charge is 2.33. The number of amides is 2. The molecule has 0 aliphatic carbocycles. The van der Waals surface area contributed by atoms with Gasteiger partial charge in [0.2, 0.25) is 5.91 Å². The monoisotopic (exact) mass is 441 g/mol. The molecule has 2 aromatic heterocycles. The summed E-state index contributed by atoms with van der Waals surface area (Å²) in [7, 11) is 3.54. The quantitative estimate of drug-likeness (QED) is 0.581. The molecule has 2 amide bonds. The van der Waals surface area contributed by atoms with Crippen molar-refractivity contribution in [1.29, 1.82) is 0 Å². The third-order valence-electron chi connectivity index (χ3n) is 5.57. The van der Waals surface area contributed by atoms with Crippen molar-refractivity contribution < 1.29 is 9.59 Å². The Morgan fingerprint density at radius 3 is 2.87 bits per heavy atom. The third kappa shape index (κ3) is 4.20. The Morgan fingerprint density at radius 1 is 1.27 bits per heavy atom. The highest BCUT2D eigenvalue weighted by Crippen LogP contribution is 2.39. The highest BCUT2D eigenvalue weighted by atomic mass is 35.5. The zero-order valence-electron chi connectivity index (χ0n) is 17.1.